The quantitative estimate of drug-likeness (QED) is 0.844. The van der Waals surface area contributed by atoms with Crippen LogP contribution in [0.25, 0.3) is 0 Å². The monoisotopic (exact) mass is 280 g/mol. The van der Waals surface area contributed by atoms with Crippen molar-refractivity contribution >= 4 is 11.6 Å². The molecule has 1 fully saturated rings. The van der Waals surface area contributed by atoms with E-state index in [1.165, 1.54) is 12.1 Å². The number of ether oxygens (including phenoxy) is 1. The van der Waals surface area contributed by atoms with Crippen molar-refractivity contribution < 1.29 is 13.9 Å². The molecule has 0 bridgehead atoms. The van der Waals surface area contributed by atoms with E-state index in [0.29, 0.717) is 13.1 Å². The van der Waals surface area contributed by atoms with Crippen molar-refractivity contribution in [1.29, 1.82) is 0 Å². The molecule has 2 rings (SSSR count). The molecule has 0 spiro atoms. The van der Waals surface area contributed by atoms with Crippen LogP contribution in [0.5, 0.6) is 0 Å². The van der Waals surface area contributed by atoms with Crippen LogP contribution < -0.4 is 4.90 Å². The van der Waals surface area contributed by atoms with Crippen LogP contribution >= 0.6 is 0 Å². The molecule has 0 saturated carbocycles. The van der Waals surface area contributed by atoms with Crippen LogP contribution in [0, 0.1) is 5.82 Å². The Kier molecular flexibility index (Phi) is 4.95. The van der Waals surface area contributed by atoms with Gasteiger partial charge in [0.1, 0.15) is 12.4 Å². The van der Waals surface area contributed by atoms with Gasteiger partial charge in [-0.15, -0.1) is 0 Å². The van der Waals surface area contributed by atoms with Crippen molar-refractivity contribution in [3.8, 4) is 0 Å². The largest absolute Gasteiger partial charge is 0.369 e. The second kappa shape index (κ2) is 6.70. The third kappa shape index (κ3) is 3.93. The zero-order valence-corrected chi connectivity index (χ0v) is 12.0. The second-order valence-electron chi connectivity index (χ2n) is 5.20. The first-order valence-corrected chi connectivity index (χ1v) is 6.96. The standard InChI is InChI=1S/C15H21FN2O2/c1-12(2)20-11-15(19)18-9-7-17(8-10-18)14-5-3-13(16)4-6-14/h3-6,12H,7-11H2,1-2H3. The average Bonchev–Trinajstić information content (AvgIpc) is 2.46. The van der Waals surface area contributed by atoms with Crippen LogP contribution in [-0.2, 0) is 9.53 Å². The molecule has 0 aromatic heterocycles. The molecule has 0 aliphatic carbocycles. The normalized spacial score (nSPS) is 15.8. The van der Waals surface area contributed by atoms with Crippen molar-refractivity contribution in [2.24, 2.45) is 0 Å². The molecule has 0 atom stereocenters. The number of hydrogen-bond acceptors (Lipinski definition) is 3. The van der Waals surface area contributed by atoms with E-state index in [0.717, 1.165) is 18.8 Å². The molecule has 110 valence electrons. The topological polar surface area (TPSA) is 32.8 Å². The van der Waals surface area contributed by atoms with E-state index in [-0.39, 0.29) is 24.4 Å². The Morgan fingerprint density at radius 2 is 1.80 bits per heavy atom. The Morgan fingerprint density at radius 1 is 1.20 bits per heavy atom. The summed E-state index contributed by atoms with van der Waals surface area (Å²) in [4.78, 5) is 15.9. The first kappa shape index (κ1) is 14.8. The summed E-state index contributed by atoms with van der Waals surface area (Å²) in [5.41, 5.74) is 0.997. The highest BCUT2D eigenvalue weighted by atomic mass is 19.1. The fourth-order valence-electron chi connectivity index (χ4n) is 2.20. The highest BCUT2D eigenvalue weighted by Gasteiger charge is 2.21. The molecule has 0 radical (unpaired) electrons. The average molecular weight is 280 g/mol. The number of amides is 1. The maximum absolute atomic E-state index is 12.9. The van der Waals surface area contributed by atoms with Gasteiger partial charge in [0.25, 0.3) is 0 Å². The lowest BCUT2D eigenvalue weighted by molar-refractivity contribution is -0.137. The van der Waals surface area contributed by atoms with Crippen LogP contribution in [-0.4, -0.2) is 49.7 Å². The Balaban J connectivity index is 1.83. The van der Waals surface area contributed by atoms with Crippen molar-refractivity contribution in [1.82, 2.24) is 4.90 Å². The number of nitrogens with zero attached hydrogens (tertiary/aromatic N) is 2. The summed E-state index contributed by atoms with van der Waals surface area (Å²) in [6.45, 7) is 6.86. The van der Waals surface area contributed by atoms with Gasteiger partial charge in [-0.05, 0) is 38.1 Å². The predicted octanol–water partition coefficient (Wildman–Crippen LogP) is 1.90. The third-order valence-corrected chi connectivity index (χ3v) is 3.36. The molecule has 1 aliphatic heterocycles. The van der Waals surface area contributed by atoms with Crippen molar-refractivity contribution in [3.63, 3.8) is 0 Å². The Hall–Kier alpha value is -1.62. The molecular weight excluding hydrogens is 259 g/mol. The van der Waals surface area contributed by atoms with E-state index in [1.54, 1.807) is 12.1 Å². The number of carbonyl (C=O) groups is 1. The van der Waals surface area contributed by atoms with Crippen LogP contribution in [0.2, 0.25) is 0 Å². The van der Waals surface area contributed by atoms with Crippen molar-refractivity contribution in [3.05, 3.63) is 30.1 Å². The number of anilines is 1. The molecule has 1 amide bonds. The zero-order valence-electron chi connectivity index (χ0n) is 12.0. The molecule has 0 unspecified atom stereocenters. The maximum atomic E-state index is 12.9. The minimum Gasteiger partial charge on any atom is -0.369 e. The van der Waals surface area contributed by atoms with E-state index in [9.17, 15) is 9.18 Å². The molecule has 1 heterocycles. The van der Waals surface area contributed by atoms with E-state index in [1.807, 2.05) is 18.7 Å². The molecule has 1 aromatic carbocycles. The van der Waals surface area contributed by atoms with Gasteiger partial charge >= 0.3 is 0 Å². The molecule has 20 heavy (non-hydrogen) atoms. The van der Waals surface area contributed by atoms with Gasteiger partial charge in [0.2, 0.25) is 5.91 Å². The molecule has 1 aliphatic rings. The summed E-state index contributed by atoms with van der Waals surface area (Å²) in [6, 6.07) is 6.47. The first-order chi connectivity index (χ1) is 9.56. The Bertz CT molecular complexity index is 440. The predicted molar refractivity (Wildman–Crippen MR) is 76.3 cm³/mol. The molecule has 4 nitrogen and oxygen atoms in total. The van der Waals surface area contributed by atoms with Crippen LogP contribution in [0.15, 0.2) is 24.3 Å². The van der Waals surface area contributed by atoms with Gasteiger partial charge in [-0.2, -0.15) is 0 Å². The van der Waals surface area contributed by atoms with Gasteiger partial charge in [0, 0.05) is 31.9 Å². The van der Waals surface area contributed by atoms with E-state index in [2.05, 4.69) is 4.90 Å². The zero-order chi connectivity index (χ0) is 14.5. The molecule has 1 saturated heterocycles. The van der Waals surface area contributed by atoms with E-state index >= 15 is 0 Å². The van der Waals surface area contributed by atoms with Gasteiger partial charge in [-0.25, -0.2) is 4.39 Å². The lowest BCUT2D eigenvalue weighted by atomic mass is 10.2. The van der Waals surface area contributed by atoms with Crippen LogP contribution in [0.4, 0.5) is 10.1 Å². The fraction of sp³-hybridized carbons (Fsp3) is 0.533. The van der Waals surface area contributed by atoms with Gasteiger partial charge in [0.05, 0.1) is 6.10 Å². The second-order valence-corrected chi connectivity index (χ2v) is 5.20. The highest BCUT2D eigenvalue weighted by Crippen LogP contribution is 2.16. The minimum atomic E-state index is -0.228. The van der Waals surface area contributed by atoms with Gasteiger partial charge in [0.15, 0.2) is 0 Å². The minimum absolute atomic E-state index is 0.0393. The summed E-state index contributed by atoms with van der Waals surface area (Å²) in [5, 5.41) is 0. The lowest BCUT2D eigenvalue weighted by Crippen LogP contribution is -2.49. The van der Waals surface area contributed by atoms with Gasteiger partial charge in [-0.3, -0.25) is 4.79 Å². The fourth-order valence-corrected chi connectivity index (χ4v) is 2.20. The molecule has 0 N–H and O–H groups in total. The van der Waals surface area contributed by atoms with Gasteiger partial charge in [-0.1, -0.05) is 0 Å². The Morgan fingerprint density at radius 3 is 2.35 bits per heavy atom. The maximum Gasteiger partial charge on any atom is 0.248 e. The SMILES string of the molecule is CC(C)OCC(=O)N1CCN(c2ccc(F)cc2)CC1. The number of piperazine rings is 1. The summed E-state index contributed by atoms with van der Waals surface area (Å²) >= 11 is 0. The number of hydrogen-bond donors (Lipinski definition) is 0. The summed E-state index contributed by atoms with van der Waals surface area (Å²) in [5.74, 6) is -0.189. The first-order valence-electron chi connectivity index (χ1n) is 6.96. The summed E-state index contributed by atoms with van der Waals surface area (Å²) < 4.78 is 18.2. The van der Waals surface area contributed by atoms with E-state index < -0.39 is 0 Å². The summed E-state index contributed by atoms with van der Waals surface area (Å²) in [6.07, 6.45) is 0.0689. The Labute approximate surface area is 119 Å². The molecule has 5 heteroatoms. The molecule has 1 aromatic rings. The van der Waals surface area contributed by atoms with Crippen molar-refractivity contribution in [2.45, 2.75) is 20.0 Å². The number of halogens is 1. The number of benzene rings is 1. The van der Waals surface area contributed by atoms with Crippen LogP contribution in [0.3, 0.4) is 0 Å². The van der Waals surface area contributed by atoms with E-state index in [4.69, 9.17) is 4.74 Å². The lowest BCUT2D eigenvalue weighted by Gasteiger charge is -2.36. The highest BCUT2D eigenvalue weighted by molar-refractivity contribution is 5.77. The molecular formula is C15H21FN2O2. The van der Waals surface area contributed by atoms with Crippen molar-refractivity contribution in [2.75, 3.05) is 37.7 Å². The smallest absolute Gasteiger partial charge is 0.248 e. The number of carbonyl (C=O) groups excluding carboxylic acids is 1. The summed E-state index contributed by atoms with van der Waals surface area (Å²) in [7, 11) is 0. The van der Waals surface area contributed by atoms with Crippen LogP contribution in [0.1, 0.15) is 13.8 Å². The van der Waals surface area contributed by atoms with Gasteiger partial charge < -0.3 is 14.5 Å². The third-order valence-electron chi connectivity index (χ3n) is 3.36. The number of rotatable bonds is 4.